The summed E-state index contributed by atoms with van der Waals surface area (Å²) in [5.41, 5.74) is 0. The number of amides is 1. The largest absolute Gasteiger partial charge is 0.756 e. The number of hydrogen-bond acceptors (Lipinski definition) is 6. The number of nitrogens with one attached hydrogen (secondary N) is 1. The maximum Gasteiger partial charge on any atom is 0.268 e. The van der Waals surface area contributed by atoms with E-state index in [2.05, 4.69) is 43.5 Å². The van der Waals surface area contributed by atoms with E-state index in [-0.39, 0.29) is 12.5 Å². The highest BCUT2D eigenvalue weighted by molar-refractivity contribution is 7.45. The van der Waals surface area contributed by atoms with Crippen molar-refractivity contribution >= 4 is 13.7 Å². The molecule has 1 amide bonds. The molecule has 0 radical (unpaired) electrons. The van der Waals surface area contributed by atoms with Gasteiger partial charge in [0.15, 0.2) is 0 Å². The number of carbonyl (C=O) groups is 1. The van der Waals surface area contributed by atoms with Gasteiger partial charge in [-0.3, -0.25) is 9.36 Å². The Bertz CT molecular complexity index is 1060. The second-order valence-corrected chi connectivity index (χ2v) is 19.6. The molecule has 0 fully saturated rings. The van der Waals surface area contributed by atoms with Crippen LogP contribution in [0.5, 0.6) is 0 Å². The van der Waals surface area contributed by atoms with E-state index in [0.717, 1.165) is 64.2 Å². The third kappa shape index (κ3) is 44.6. The van der Waals surface area contributed by atoms with Gasteiger partial charge >= 0.3 is 0 Å². The first-order valence-electron chi connectivity index (χ1n) is 24.9. The number of phosphoric ester groups is 1. The summed E-state index contributed by atoms with van der Waals surface area (Å²) in [7, 11) is 1.24. The second-order valence-electron chi connectivity index (χ2n) is 18.2. The third-order valence-corrected chi connectivity index (χ3v) is 12.0. The molecule has 0 saturated heterocycles. The highest BCUT2D eigenvalue weighted by Crippen LogP contribution is 2.38. The Labute approximate surface area is 366 Å². The van der Waals surface area contributed by atoms with E-state index in [1.165, 1.54) is 141 Å². The van der Waals surface area contributed by atoms with Crippen molar-refractivity contribution in [3.05, 3.63) is 36.5 Å². The van der Waals surface area contributed by atoms with Crippen LogP contribution in [0.3, 0.4) is 0 Å². The molecule has 2 N–H and O–H groups in total. The monoisotopic (exact) mass is 853 g/mol. The Morgan fingerprint density at radius 2 is 0.966 bits per heavy atom. The molecular weight excluding hydrogens is 756 g/mol. The standard InChI is InChI=1S/C50H97N2O6P/c1-6-8-10-12-14-16-18-19-20-21-22-23-24-25-26-27-28-29-30-31-32-34-35-37-39-41-43-49(53)48(47-58-59(55,56)57-46-45-52(3,4)5)51-50(54)44-42-40-38-36-33-17-15-13-11-9-7-2/h13,15,34-35,41,43,48-49,53H,6-12,14,16-33,36-40,42,44-47H2,1-5H3,(H-,51,54,55,56)/b15-13-,35-34+,43-41+. The number of quaternary nitrogens is 1. The fraction of sp³-hybridized carbons (Fsp3) is 0.860. The van der Waals surface area contributed by atoms with Crippen LogP contribution in [0.4, 0.5) is 0 Å². The molecule has 0 heterocycles. The molecular formula is C50H97N2O6P. The molecule has 3 unspecified atom stereocenters. The van der Waals surface area contributed by atoms with E-state index < -0.39 is 26.6 Å². The molecule has 59 heavy (non-hydrogen) atoms. The van der Waals surface area contributed by atoms with E-state index in [0.29, 0.717) is 17.4 Å². The lowest BCUT2D eigenvalue weighted by Crippen LogP contribution is -2.45. The Kier molecular flexibility index (Phi) is 41.1. The van der Waals surface area contributed by atoms with Gasteiger partial charge in [-0.05, 0) is 51.4 Å². The van der Waals surface area contributed by atoms with Gasteiger partial charge in [0.1, 0.15) is 13.2 Å². The summed E-state index contributed by atoms with van der Waals surface area (Å²) in [6, 6.07) is -0.905. The summed E-state index contributed by atoms with van der Waals surface area (Å²) in [6.07, 6.45) is 52.2. The predicted octanol–water partition coefficient (Wildman–Crippen LogP) is 13.6. The zero-order valence-electron chi connectivity index (χ0n) is 39.5. The second kappa shape index (κ2) is 42.0. The Morgan fingerprint density at radius 1 is 0.576 bits per heavy atom. The van der Waals surface area contributed by atoms with Gasteiger partial charge in [0, 0.05) is 6.42 Å². The van der Waals surface area contributed by atoms with Crippen LogP contribution >= 0.6 is 7.82 Å². The van der Waals surface area contributed by atoms with Crippen LogP contribution in [-0.2, 0) is 18.4 Å². The Balaban J connectivity index is 4.25. The van der Waals surface area contributed by atoms with E-state index >= 15 is 0 Å². The van der Waals surface area contributed by atoms with E-state index in [1.54, 1.807) is 6.08 Å². The lowest BCUT2D eigenvalue weighted by Gasteiger charge is -2.29. The van der Waals surface area contributed by atoms with Gasteiger partial charge in [-0.25, -0.2) is 0 Å². The molecule has 8 nitrogen and oxygen atoms in total. The fourth-order valence-corrected chi connectivity index (χ4v) is 7.81. The van der Waals surface area contributed by atoms with Gasteiger partial charge in [-0.2, -0.15) is 0 Å². The van der Waals surface area contributed by atoms with Crippen molar-refractivity contribution in [2.45, 2.75) is 238 Å². The number of phosphoric acid groups is 1. The number of hydrogen-bond donors (Lipinski definition) is 2. The van der Waals surface area contributed by atoms with Crippen molar-refractivity contribution in [1.29, 1.82) is 0 Å². The number of likely N-dealkylation sites (N-methyl/N-ethyl adjacent to an activating group) is 1. The van der Waals surface area contributed by atoms with E-state index in [4.69, 9.17) is 9.05 Å². The number of carbonyl (C=O) groups excluding carboxylic acids is 1. The van der Waals surface area contributed by atoms with Crippen LogP contribution in [0.25, 0.3) is 0 Å². The molecule has 9 heteroatoms. The number of nitrogens with zero attached hydrogens (tertiary/aromatic N) is 1. The summed E-state index contributed by atoms with van der Waals surface area (Å²) in [4.78, 5) is 25.3. The van der Waals surface area contributed by atoms with Gasteiger partial charge < -0.3 is 28.8 Å². The third-order valence-electron chi connectivity index (χ3n) is 11.1. The minimum atomic E-state index is -4.60. The predicted molar refractivity (Wildman–Crippen MR) is 251 cm³/mol. The zero-order valence-corrected chi connectivity index (χ0v) is 40.4. The number of unbranched alkanes of at least 4 members (excludes halogenated alkanes) is 28. The lowest BCUT2D eigenvalue weighted by atomic mass is 10.0. The minimum absolute atomic E-state index is 0.00793. The van der Waals surface area contributed by atoms with Gasteiger partial charge in [0.05, 0.1) is 39.9 Å². The van der Waals surface area contributed by atoms with Crippen LogP contribution < -0.4 is 10.2 Å². The van der Waals surface area contributed by atoms with Crippen LogP contribution in [0, 0.1) is 0 Å². The number of aliphatic hydroxyl groups excluding tert-OH is 1. The summed E-state index contributed by atoms with van der Waals surface area (Å²) < 4.78 is 23.2. The average molecular weight is 853 g/mol. The number of rotatable bonds is 45. The first-order chi connectivity index (χ1) is 28.5. The summed E-state index contributed by atoms with van der Waals surface area (Å²) in [6.45, 7) is 4.59. The minimum Gasteiger partial charge on any atom is -0.756 e. The smallest absolute Gasteiger partial charge is 0.268 e. The molecule has 0 bridgehead atoms. The van der Waals surface area contributed by atoms with Gasteiger partial charge in [0.25, 0.3) is 7.82 Å². The molecule has 0 aliphatic rings. The first kappa shape index (κ1) is 57.7. The number of aliphatic hydroxyl groups is 1. The van der Waals surface area contributed by atoms with Crippen molar-refractivity contribution in [2.75, 3.05) is 40.9 Å². The Hall–Kier alpha value is -1.28. The molecule has 348 valence electrons. The van der Waals surface area contributed by atoms with Crippen LogP contribution in [0.2, 0.25) is 0 Å². The first-order valence-corrected chi connectivity index (χ1v) is 26.3. The lowest BCUT2D eigenvalue weighted by molar-refractivity contribution is -0.870. The normalized spacial score (nSPS) is 14.5. The van der Waals surface area contributed by atoms with Crippen molar-refractivity contribution in [1.82, 2.24) is 5.32 Å². The highest BCUT2D eigenvalue weighted by Gasteiger charge is 2.23. The topological polar surface area (TPSA) is 108 Å². The van der Waals surface area contributed by atoms with Crippen LogP contribution in [0.1, 0.15) is 226 Å². The molecule has 0 aromatic rings. The van der Waals surface area contributed by atoms with E-state index in [1.807, 2.05) is 27.2 Å². The van der Waals surface area contributed by atoms with Gasteiger partial charge in [-0.1, -0.05) is 204 Å². The SMILES string of the molecule is CCCC/C=C\CCCCCCCC(=O)NC(COP(=O)([O-])OCC[N+](C)(C)C)C(O)/C=C/CC/C=C/CCCCCCCCCCCCCCCCCCCCCC. The fourth-order valence-electron chi connectivity index (χ4n) is 7.09. The molecule has 0 aromatic heterocycles. The zero-order chi connectivity index (χ0) is 43.6. The van der Waals surface area contributed by atoms with Gasteiger partial charge in [-0.15, -0.1) is 0 Å². The summed E-state index contributed by atoms with van der Waals surface area (Å²) in [5.74, 6) is -0.218. The highest BCUT2D eigenvalue weighted by atomic mass is 31.2. The molecule has 0 aliphatic carbocycles. The summed E-state index contributed by atoms with van der Waals surface area (Å²) in [5, 5.41) is 13.8. The maximum absolute atomic E-state index is 12.8. The van der Waals surface area contributed by atoms with Crippen LogP contribution in [0.15, 0.2) is 36.5 Å². The quantitative estimate of drug-likeness (QED) is 0.0273. The van der Waals surface area contributed by atoms with Crippen molar-refractivity contribution in [3.8, 4) is 0 Å². The van der Waals surface area contributed by atoms with Crippen molar-refractivity contribution in [3.63, 3.8) is 0 Å². The molecule has 0 saturated carbocycles. The molecule has 3 atom stereocenters. The maximum atomic E-state index is 12.8. The number of allylic oxidation sites excluding steroid dienone is 5. The molecule has 0 aliphatic heterocycles. The van der Waals surface area contributed by atoms with E-state index in [9.17, 15) is 19.4 Å². The average Bonchev–Trinajstić information content (AvgIpc) is 3.19. The van der Waals surface area contributed by atoms with Crippen molar-refractivity contribution < 1.29 is 32.9 Å². The molecule has 0 aromatic carbocycles. The van der Waals surface area contributed by atoms with Gasteiger partial charge in [0.2, 0.25) is 5.91 Å². The summed E-state index contributed by atoms with van der Waals surface area (Å²) >= 11 is 0. The Morgan fingerprint density at radius 3 is 1.42 bits per heavy atom. The van der Waals surface area contributed by atoms with Crippen LogP contribution in [-0.4, -0.2) is 68.5 Å². The molecule has 0 rings (SSSR count). The molecule has 0 spiro atoms. The van der Waals surface area contributed by atoms with Crippen molar-refractivity contribution in [2.24, 2.45) is 0 Å².